The molecule has 1 saturated carbocycles. The fourth-order valence-electron chi connectivity index (χ4n) is 4.03. The number of amides is 1. The largest absolute Gasteiger partial charge is 0.439 e. The van der Waals surface area contributed by atoms with Gasteiger partial charge in [-0.25, -0.2) is 14.4 Å². The Balaban J connectivity index is 0.00000385. The highest BCUT2D eigenvalue weighted by Gasteiger charge is 2.42. The summed E-state index contributed by atoms with van der Waals surface area (Å²) in [6, 6.07) is 9.64. The highest BCUT2D eigenvalue weighted by Crippen LogP contribution is 2.38. The Labute approximate surface area is 212 Å². The second-order valence-electron chi connectivity index (χ2n) is 8.26. The summed E-state index contributed by atoms with van der Waals surface area (Å²) in [5, 5.41) is 6.61. The number of pyridine rings is 1. The van der Waals surface area contributed by atoms with Gasteiger partial charge in [-0.05, 0) is 38.0 Å². The lowest BCUT2D eigenvalue weighted by Crippen LogP contribution is -2.49. The van der Waals surface area contributed by atoms with E-state index in [2.05, 4.69) is 20.6 Å². The molecule has 180 valence electrons. The number of nitrogens with one attached hydrogen (secondary N) is 2. The van der Waals surface area contributed by atoms with Gasteiger partial charge in [0.25, 0.3) is 0 Å². The fraction of sp³-hybridized carbons (Fsp3) is 0.458. The van der Waals surface area contributed by atoms with Crippen LogP contribution in [0.3, 0.4) is 0 Å². The molecule has 0 aliphatic heterocycles. The van der Waals surface area contributed by atoms with E-state index in [0.29, 0.717) is 37.2 Å². The molecule has 3 rings (SSSR count). The van der Waals surface area contributed by atoms with Gasteiger partial charge < -0.3 is 20.3 Å². The minimum absolute atomic E-state index is 0. The van der Waals surface area contributed by atoms with Crippen molar-refractivity contribution in [2.24, 2.45) is 10.4 Å². The second kappa shape index (κ2) is 12.7. The van der Waals surface area contributed by atoms with Crippen molar-refractivity contribution in [2.45, 2.75) is 39.2 Å². The number of benzene rings is 1. The third kappa shape index (κ3) is 7.28. The topological polar surface area (TPSA) is 78.9 Å². The molecular formula is C24H33FIN5O2. The van der Waals surface area contributed by atoms with Gasteiger partial charge in [0.1, 0.15) is 11.6 Å². The number of rotatable bonds is 8. The van der Waals surface area contributed by atoms with Gasteiger partial charge in [0, 0.05) is 45.0 Å². The third-order valence-electron chi connectivity index (χ3n) is 5.63. The first-order valence-corrected chi connectivity index (χ1v) is 11.0. The van der Waals surface area contributed by atoms with Crippen molar-refractivity contribution in [3.63, 3.8) is 0 Å². The van der Waals surface area contributed by atoms with Crippen LogP contribution in [-0.2, 0) is 11.3 Å². The van der Waals surface area contributed by atoms with Crippen LogP contribution in [0.15, 0.2) is 47.6 Å². The van der Waals surface area contributed by atoms with E-state index in [-0.39, 0.29) is 41.1 Å². The lowest BCUT2D eigenvalue weighted by atomic mass is 9.84. The van der Waals surface area contributed by atoms with Crippen LogP contribution in [-0.4, -0.2) is 48.9 Å². The second-order valence-corrected chi connectivity index (χ2v) is 8.26. The fourth-order valence-corrected chi connectivity index (χ4v) is 4.03. The molecule has 0 bridgehead atoms. The zero-order valence-electron chi connectivity index (χ0n) is 19.4. The highest BCUT2D eigenvalue weighted by atomic mass is 127. The van der Waals surface area contributed by atoms with Crippen LogP contribution in [0.25, 0.3) is 0 Å². The van der Waals surface area contributed by atoms with Gasteiger partial charge in [0.2, 0.25) is 11.8 Å². The summed E-state index contributed by atoms with van der Waals surface area (Å²) < 4.78 is 19.3. The van der Waals surface area contributed by atoms with Crippen molar-refractivity contribution >= 4 is 35.8 Å². The van der Waals surface area contributed by atoms with Gasteiger partial charge in [0.05, 0.1) is 12.0 Å². The molecule has 2 N–H and O–H groups in total. The first-order valence-electron chi connectivity index (χ1n) is 11.0. The van der Waals surface area contributed by atoms with Gasteiger partial charge in [-0.1, -0.05) is 25.0 Å². The molecule has 0 radical (unpaired) electrons. The SMILES string of the molecule is CCNC(=NCc1cccnc1Oc1cccc(F)c1)NCC1(C(=O)N(C)C)CCCC1.I. The average molecular weight is 569 g/mol. The molecule has 1 amide bonds. The molecule has 1 aliphatic rings. The molecule has 0 spiro atoms. The Morgan fingerprint density at radius 1 is 1.21 bits per heavy atom. The Morgan fingerprint density at radius 2 is 1.97 bits per heavy atom. The zero-order valence-corrected chi connectivity index (χ0v) is 21.8. The van der Waals surface area contributed by atoms with Crippen LogP contribution in [0.1, 0.15) is 38.2 Å². The lowest BCUT2D eigenvalue weighted by Gasteiger charge is -2.31. The first-order chi connectivity index (χ1) is 15.4. The molecule has 2 aromatic rings. The highest BCUT2D eigenvalue weighted by molar-refractivity contribution is 14.0. The summed E-state index contributed by atoms with van der Waals surface area (Å²) in [5.41, 5.74) is 0.383. The molecule has 7 nitrogen and oxygen atoms in total. The van der Waals surface area contributed by atoms with Crippen molar-refractivity contribution < 1.29 is 13.9 Å². The van der Waals surface area contributed by atoms with Crippen molar-refractivity contribution in [3.8, 4) is 11.6 Å². The van der Waals surface area contributed by atoms with E-state index in [4.69, 9.17) is 4.74 Å². The Morgan fingerprint density at radius 3 is 2.64 bits per heavy atom. The lowest BCUT2D eigenvalue weighted by molar-refractivity contribution is -0.138. The van der Waals surface area contributed by atoms with Crippen LogP contribution in [0.5, 0.6) is 11.6 Å². The van der Waals surface area contributed by atoms with Gasteiger partial charge in [-0.15, -0.1) is 24.0 Å². The minimum atomic E-state index is -0.389. The predicted octanol–water partition coefficient (Wildman–Crippen LogP) is 4.33. The van der Waals surface area contributed by atoms with Gasteiger partial charge in [-0.3, -0.25) is 4.79 Å². The van der Waals surface area contributed by atoms with Crippen LogP contribution >= 0.6 is 24.0 Å². The van der Waals surface area contributed by atoms with E-state index >= 15 is 0 Å². The Hall–Kier alpha value is -2.43. The number of ether oxygens (including phenoxy) is 1. The van der Waals surface area contributed by atoms with Crippen LogP contribution in [0, 0.1) is 11.2 Å². The number of aliphatic imine (C=N–C) groups is 1. The summed E-state index contributed by atoms with van der Waals surface area (Å²) in [7, 11) is 3.62. The number of carbonyl (C=O) groups excluding carboxylic acids is 1. The maximum Gasteiger partial charge on any atom is 0.230 e. The molecule has 1 aromatic carbocycles. The average Bonchev–Trinajstić information content (AvgIpc) is 3.26. The van der Waals surface area contributed by atoms with E-state index in [1.807, 2.05) is 33.2 Å². The van der Waals surface area contributed by atoms with E-state index in [9.17, 15) is 9.18 Å². The first kappa shape index (κ1) is 26.8. The van der Waals surface area contributed by atoms with Crippen molar-refractivity contribution in [1.82, 2.24) is 20.5 Å². The number of halogens is 2. The van der Waals surface area contributed by atoms with Crippen LogP contribution in [0.2, 0.25) is 0 Å². The van der Waals surface area contributed by atoms with Crippen LogP contribution in [0.4, 0.5) is 4.39 Å². The Kier molecular flexibility index (Phi) is 10.3. The number of nitrogens with zero attached hydrogens (tertiary/aromatic N) is 3. The number of hydrogen-bond donors (Lipinski definition) is 2. The quantitative estimate of drug-likeness (QED) is 0.281. The normalized spacial score (nSPS) is 14.8. The summed E-state index contributed by atoms with van der Waals surface area (Å²) in [4.78, 5) is 23.5. The molecule has 1 aliphatic carbocycles. The smallest absolute Gasteiger partial charge is 0.230 e. The maximum atomic E-state index is 13.5. The molecule has 1 heterocycles. The minimum Gasteiger partial charge on any atom is -0.439 e. The molecule has 0 saturated heterocycles. The van der Waals surface area contributed by atoms with Crippen LogP contribution < -0.4 is 15.4 Å². The zero-order chi connectivity index (χ0) is 23.0. The molecule has 0 atom stereocenters. The molecule has 1 fully saturated rings. The summed E-state index contributed by atoms with van der Waals surface area (Å²) in [6.45, 7) is 3.55. The number of guanidine groups is 1. The van der Waals surface area contributed by atoms with E-state index in [0.717, 1.165) is 31.2 Å². The van der Waals surface area contributed by atoms with Gasteiger partial charge >= 0.3 is 0 Å². The molecule has 0 unspecified atom stereocenters. The van der Waals surface area contributed by atoms with E-state index in [1.165, 1.54) is 12.1 Å². The molecule has 9 heteroatoms. The maximum absolute atomic E-state index is 13.5. The molecule has 1 aromatic heterocycles. The van der Waals surface area contributed by atoms with Crippen molar-refractivity contribution in [3.05, 3.63) is 54.0 Å². The van der Waals surface area contributed by atoms with Crippen molar-refractivity contribution in [2.75, 3.05) is 27.2 Å². The summed E-state index contributed by atoms with van der Waals surface area (Å²) in [6.07, 6.45) is 5.51. The molecule has 33 heavy (non-hydrogen) atoms. The predicted molar refractivity (Wildman–Crippen MR) is 139 cm³/mol. The number of hydrogen-bond acceptors (Lipinski definition) is 4. The number of aromatic nitrogens is 1. The van der Waals surface area contributed by atoms with Gasteiger partial charge in [-0.2, -0.15) is 0 Å². The summed E-state index contributed by atoms with van der Waals surface area (Å²) in [5.74, 6) is 1.18. The summed E-state index contributed by atoms with van der Waals surface area (Å²) >= 11 is 0. The monoisotopic (exact) mass is 569 g/mol. The third-order valence-corrected chi connectivity index (χ3v) is 5.63. The van der Waals surface area contributed by atoms with E-state index < -0.39 is 0 Å². The van der Waals surface area contributed by atoms with Crippen molar-refractivity contribution in [1.29, 1.82) is 0 Å². The number of carbonyl (C=O) groups is 1. The molecular weight excluding hydrogens is 536 g/mol. The standard InChI is InChI=1S/C24H32FN5O2.HI/c1-4-26-23(29-17-24(12-5-6-13-24)22(31)30(2)3)28-16-18-9-8-14-27-21(18)32-20-11-7-10-19(25)15-20;/h7-11,14-15H,4-6,12-13,16-17H2,1-3H3,(H2,26,28,29);1H. The van der Waals surface area contributed by atoms with Gasteiger partial charge in [0.15, 0.2) is 5.96 Å². The Bertz CT molecular complexity index is 948. The van der Waals surface area contributed by atoms with E-state index in [1.54, 1.807) is 23.2 Å².